The SMILES string of the molecule is C1CC1.C=C(CC(Cc1cnc2ccccn12)(PC)P(C)(=O)O)/C(C)=C/N(c1c(C=O)cc(F)c(N2CC(N)C3(CC3)C2)c1C)C1CC1.CF. The summed E-state index contributed by atoms with van der Waals surface area (Å²) in [6.45, 7) is 13.0. The number of rotatable bonds is 12. The zero-order valence-electron chi connectivity index (χ0n) is 30.1. The van der Waals surface area contributed by atoms with E-state index < -0.39 is 18.1 Å². The second-order valence-electron chi connectivity index (χ2n) is 14.5. The van der Waals surface area contributed by atoms with Crippen LogP contribution in [0.1, 0.15) is 79.9 Å². The number of hydrogen-bond acceptors (Lipinski definition) is 6. The highest BCUT2D eigenvalue weighted by molar-refractivity contribution is 7.70. The number of aldehydes is 1. The third kappa shape index (κ3) is 7.94. The summed E-state index contributed by atoms with van der Waals surface area (Å²) < 4.78 is 40.7. The molecular weight excluding hydrogens is 674 g/mol. The molecule has 0 amide bonds. The summed E-state index contributed by atoms with van der Waals surface area (Å²) in [5.41, 5.74) is 12.1. The molecule has 272 valence electrons. The van der Waals surface area contributed by atoms with Gasteiger partial charge in [0.05, 0.1) is 23.4 Å². The number of anilines is 2. The van der Waals surface area contributed by atoms with Gasteiger partial charge in [-0.1, -0.05) is 31.9 Å². The van der Waals surface area contributed by atoms with Crippen LogP contribution in [0, 0.1) is 18.2 Å². The molecule has 1 aromatic carbocycles. The van der Waals surface area contributed by atoms with E-state index in [4.69, 9.17) is 5.73 Å². The van der Waals surface area contributed by atoms with Crippen LogP contribution in [0.25, 0.3) is 5.65 Å². The molecule has 50 heavy (non-hydrogen) atoms. The highest BCUT2D eigenvalue weighted by Gasteiger charge is 2.54. The van der Waals surface area contributed by atoms with Crippen LogP contribution in [0.4, 0.5) is 20.2 Å². The fourth-order valence-corrected chi connectivity index (χ4v) is 10.5. The number of fused-ring (bicyclic) bond motifs is 1. The minimum Gasteiger partial charge on any atom is -0.367 e. The molecule has 7 rings (SSSR count). The Bertz CT molecular complexity index is 1790. The number of aromatic nitrogens is 2. The Morgan fingerprint density at radius 1 is 1.28 bits per heavy atom. The first-order valence-corrected chi connectivity index (χ1v) is 21.2. The summed E-state index contributed by atoms with van der Waals surface area (Å²) in [7, 11) is -2.93. The summed E-state index contributed by atoms with van der Waals surface area (Å²) in [6.07, 6.45) is 15.7. The lowest BCUT2D eigenvalue weighted by molar-refractivity contribution is 0.112. The average Bonchev–Trinajstić information content (AvgIpc) is 3.95. The lowest BCUT2D eigenvalue weighted by Crippen LogP contribution is -2.31. The molecule has 1 aliphatic heterocycles. The smallest absolute Gasteiger partial charge is 0.208 e. The monoisotopic (exact) mass is 727 g/mol. The van der Waals surface area contributed by atoms with Crippen molar-refractivity contribution in [2.45, 2.75) is 88.6 Å². The van der Waals surface area contributed by atoms with Crippen LogP contribution < -0.4 is 15.5 Å². The molecule has 4 atom stereocenters. The van der Waals surface area contributed by atoms with Gasteiger partial charge >= 0.3 is 0 Å². The first kappa shape index (κ1) is 38.3. The van der Waals surface area contributed by atoms with Crippen molar-refractivity contribution in [2.75, 3.05) is 43.4 Å². The van der Waals surface area contributed by atoms with Gasteiger partial charge in [0, 0.05) is 73.5 Å². The number of alkyl halides is 1. The molecule has 8 nitrogen and oxygen atoms in total. The minimum atomic E-state index is -3.61. The Kier molecular flexibility index (Phi) is 11.8. The second kappa shape index (κ2) is 15.4. The Morgan fingerprint density at radius 3 is 2.50 bits per heavy atom. The summed E-state index contributed by atoms with van der Waals surface area (Å²) in [5, 5.41) is 0. The number of nitrogens with zero attached hydrogens (tertiary/aromatic N) is 4. The van der Waals surface area contributed by atoms with E-state index in [2.05, 4.69) is 21.4 Å². The maximum atomic E-state index is 15.6. The largest absolute Gasteiger partial charge is 0.367 e. The predicted molar refractivity (Wildman–Crippen MR) is 204 cm³/mol. The molecule has 2 aromatic heterocycles. The third-order valence-electron chi connectivity index (χ3n) is 10.7. The summed E-state index contributed by atoms with van der Waals surface area (Å²) in [4.78, 5) is 31.3. The Labute approximate surface area is 297 Å². The van der Waals surface area contributed by atoms with E-state index in [0.717, 1.165) is 66.6 Å². The van der Waals surface area contributed by atoms with Gasteiger partial charge in [0.2, 0.25) is 7.37 Å². The van der Waals surface area contributed by atoms with Crippen LogP contribution >= 0.6 is 15.9 Å². The molecule has 3 aromatic rings. The van der Waals surface area contributed by atoms with E-state index in [1.807, 2.05) is 55.5 Å². The number of hydrogen-bond donors (Lipinski definition) is 2. The van der Waals surface area contributed by atoms with Gasteiger partial charge in [-0.2, -0.15) is 0 Å². The van der Waals surface area contributed by atoms with Crippen molar-refractivity contribution >= 4 is 39.3 Å². The number of pyridine rings is 1. The number of imidazole rings is 1. The number of nitrogens with two attached hydrogens (primary N) is 1. The molecular formula is C38H53F2N5O3P2. The molecule has 12 heteroatoms. The lowest BCUT2D eigenvalue weighted by Gasteiger charge is -2.36. The fourth-order valence-electron chi connectivity index (χ4n) is 7.11. The minimum absolute atomic E-state index is 0.0108. The van der Waals surface area contributed by atoms with Gasteiger partial charge in [0.15, 0.2) is 6.29 Å². The van der Waals surface area contributed by atoms with E-state index in [1.54, 1.807) is 6.20 Å². The summed E-state index contributed by atoms with van der Waals surface area (Å²) in [5.74, 6) is -0.396. The van der Waals surface area contributed by atoms with Crippen molar-refractivity contribution in [3.05, 3.63) is 83.2 Å². The van der Waals surface area contributed by atoms with Crippen molar-refractivity contribution in [2.24, 2.45) is 11.1 Å². The zero-order valence-corrected chi connectivity index (χ0v) is 32.0. The van der Waals surface area contributed by atoms with E-state index in [9.17, 15) is 18.6 Å². The van der Waals surface area contributed by atoms with Crippen LogP contribution in [-0.2, 0) is 11.0 Å². The summed E-state index contributed by atoms with van der Waals surface area (Å²) in [6, 6.07) is 7.31. The Balaban J connectivity index is 0.000000908. The first-order chi connectivity index (χ1) is 23.8. The molecule has 4 unspecified atom stereocenters. The van der Waals surface area contributed by atoms with Crippen molar-refractivity contribution < 1.29 is 23.0 Å². The van der Waals surface area contributed by atoms with Crippen LogP contribution in [0.5, 0.6) is 0 Å². The van der Waals surface area contributed by atoms with E-state index in [-0.39, 0.29) is 26.1 Å². The van der Waals surface area contributed by atoms with Gasteiger partial charge in [-0.25, -0.2) is 9.37 Å². The number of benzene rings is 1. The number of carbonyl (C=O) groups excluding carboxylic acids is 1. The lowest BCUT2D eigenvalue weighted by atomic mass is 10.0. The molecule has 3 N–H and O–H groups in total. The number of allylic oxidation sites excluding steroid dienone is 2. The highest BCUT2D eigenvalue weighted by Crippen LogP contribution is 2.64. The Morgan fingerprint density at radius 2 is 1.96 bits per heavy atom. The normalized spacial score (nSPS) is 21.6. The zero-order chi connectivity index (χ0) is 36.4. The predicted octanol–water partition coefficient (Wildman–Crippen LogP) is 8.24. The van der Waals surface area contributed by atoms with Gasteiger partial charge in [-0.05, 0) is 87.5 Å². The number of carbonyl (C=O) groups is 1. The van der Waals surface area contributed by atoms with Gasteiger partial charge in [-0.3, -0.25) is 13.8 Å². The quantitative estimate of drug-likeness (QED) is 0.110. The second-order valence-corrected chi connectivity index (χ2v) is 19.0. The van der Waals surface area contributed by atoms with Gasteiger partial charge in [-0.15, -0.1) is 8.58 Å². The van der Waals surface area contributed by atoms with E-state index in [1.165, 1.54) is 32.0 Å². The van der Waals surface area contributed by atoms with Crippen LogP contribution in [0.15, 0.2) is 60.6 Å². The van der Waals surface area contributed by atoms with Gasteiger partial charge < -0.3 is 24.8 Å². The first-order valence-electron chi connectivity index (χ1n) is 17.5. The van der Waals surface area contributed by atoms with Crippen LogP contribution in [0.3, 0.4) is 0 Å². The summed E-state index contributed by atoms with van der Waals surface area (Å²) >= 11 is 0. The maximum absolute atomic E-state index is 15.6. The standard InChI is InChI=1S/C34H44FN5O3P2.C3H6.CH3F/c1-22(15-34(44-4,45(5,42)43)16-27-17-37-30-8-6-7-13-39(27)30)23(2)18-40(26-9-10-26)31-24(3)32(28(35)14-25(31)20-41)38-19-29(36)33(21-38)11-12-33;1-2-3-1;1-2/h6-8,13-14,17-18,20,26,29,44H,1,9-12,15-16,19,21,36H2,2-5H3,(H,42,43);1-3H2;1H3/b23-18+;;. The molecule has 1 spiro atoms. The highest BCUT2D eigenvalue weighted by atomic mass is 31.2. The van der Waals surface area contributed by atoms with Crippen LogP contribution in [0.2, 0.25) is 0 Å². The Hall–Kier alpha value is -2.90. The molecule has 3 heterocycles. The van der Waals surface area contributed by atoms with E-state index >= 15 is 4.39 Å². The topological polar surface area (TPSA) is 104 Å². The molecule has 0 radical (unpaired) electrons. The molecule has 0 bridgehead atoms. The maximum Gasteiger partial charge on any atom is 0.208 e. The molecule has 4 aliphatic rings. The molecule has 3 aliphatic carbocycles. The van der Waals surface area contributed by atoms with Crippen molar-refractivity contribution in [3.63, 3.8) is 0 Å². The van der Waals surface area contributed by atoms with Crippen molar-refractivity contribution in [1.82, 2.24) is 9.38 Å². The molecule has 1 saturated heterocycles. The molecule has 4 fully saturated rings. The van der Waals surface area contributed by atoms with Crippen molar-refractivity contribution in [1.29, 1.82) is 0 Å². The van der Waals surface area contributed by atoms with E-state index in [0.29, 0.717) is 43.5 Å². The fraction of sp³-hybridized carbons (Fsp3) is 0.526. The van der Waals surface area contributed by atoms with Gasteiger partial charge in [0.25, 0.3) is 0 Å². The molecule has 3 saturated carbocycles. The van der Waals surface area contributed by atoms with Gasteiger partial charge in [0.1, 0.15) is 11.5 Å². The third-order valence-corrected chi connectivity index (χ3v) is 15.8. The number of halogens is 2. The van der Waals surface area contributed by atoms with Crippen molar-refractivity contribution in [3.8, 4) is 0 Å². The van der Waals surface area contributed by atoms with Crippen LogP contribution in [-0.4, -0.2) is 71.1 Å². The average molecular weight is 728 g/mol.